The number of allylic oxidation sites excluding steroid dienone is 2. The summed E-state index contributed by atoms with van der Waals surface area (Å²) >= 11 is 5.85. The highest BCUT2D eigenvalue weighted by molar-refractivity contribution is 6.31. The van der Waals surface area contributed by atoms with Crippen molar-refractivity contribution in [2.24, 2.45) is 5.10 Å². The summed E-state index contributed by atoms with van der Waals surface area (Å²) in [6.07, 6.45) is 5.74. The van der Waals surface area contributed by atoms with Crippen molar-refractivity contribution in [3.8, 4) is 5.75 Å². The van der Waals surface area contributed by atoms with Crippen LogP contribution in [0.3, 0.4) is 0 Å². The molecule has 0 unspecified atom stereocenters. The molecule has 0 heterocycles. The normalized spacial score (nSPS) is 11.5. The SMILES string of the molecule is O=C(N/N=C\c1cc(Cl)cc([N+](=O)[O-])c1O)/C(=C/C=C/c1ccccc1)NC(=O)c1ccccc1. The molecule has 0 saturated heterocycles. The molecule has 176 valence electrons. The Morgan fingerprint density at radius 1 is 1.03 bits per heavy atom. The maximum absolute atomic E-state index is 12.7. The number of benzene rings is 3. The highest BCUT2D eigenvalue weighted by Crippen LogP contribution is 2.32. The molecule has 0 saturated carbocycles. The van der Waals surface area contributed by atoms with Gasteiger partial charge in [-0.25, -0.2) is 5.43 Å². The van der Waals surface area contributed by atoms with Gasteiger partial charge in [-0.2, -0.15) is 5.10 Å². The third-order valence-corrected chi connectivity index (χ3v) is 4.75. The van der Waals surface area contributed by atoms with Gasteiger partial charge in [-0.3, -0.25) is 19.7 Å². The molecule has 35 heavy (non-hydrogen) atoms. The fraction of sp³-hybridized carbons (Fsp3) is 0. The maximum atomic E-state index is 12.7. The Morgan fingerprint density at radius 3 is 2.34 bits per heavy atom. The first-order valence-electron chi connectivity index (χ1n) is 10.2. The minimum absolute atomic E-state index is 0.00374. The van der Waals surface area contributed by atoms with Crippen LogP contribution in [0.25, 0.3) is 6.08 Å². The second-order valence-corrected chi connectivity index (χ2v) is 7.43. The van der Waals surface area contributed by atoms with Gasteiger partial charge in [0.1, 0.15) is 5.70 Å². The zero-order valence-corrected chi connectivity index (χ0v) is 18.8. The van der Waals surface area contributed by atoms with Crippen LogP contribution in [0, 0.1) is 10.1 Å². The Morgan fingerprint density at radius 2 is 1.69 bits per heavy atom. The lowest BCUT2D eigenvalue weighted by Crippen LogP contribution is -2.32. The standard InChI is InChI=1S/C25H19ClN4O5/c26-20-14-19(23(31)22(15-20)30(34)35)16-27-29-25(33)21(13-7-10-17-8-3-1-4-9-17)28-24(32)18-11-5-2-6-12-18/h1-16,31H,(H,28,32)(H,29,33)/b10-7+,21-13-,27-16-. The van der Waals surface area contributed by atoms with E-state index in [2.05, 4.69) is 15.8 Å². The molecule has 9 nitrogen and oxygen atoms in total. The maximum Gasteiger partial charge on any atom is 0.312 e. The molecule has 0 aromatic heterocycles. The Labute approximate surface area is 205 Å². The van der Waals surface area contributed by atoms with Gasteiger partial charge in [0, 0.05) is 22.2 Å². The highest BCUT2D eigenvalue weighted by atomic mass is 35.5. The van der Waals surface area contributed by atoms with Crippen LogP contribution >= 0.6 is 11.6 Å². The monoisotopic (exact) mass is 490 g/mol. The number of hydrazone groups is 1. The quantitative estimate of drug-likeness (QED) is 0.141. The van der Waals surface area contributed by atoms with Crippen molar-refractivity contribution in [3.63, 3.8) is 0 Å². The minimum Gasteiger partial charge on any atom is -0.502 e. The molecular weight excluding hydrogens is 472 g/mol. The minimum atomic E-state index is -0.795. The van der Waals surface area contributed by atoms with Crippen molar-refractivity contribution in [2.75, 3.05) is 0 Å². The lowest BCUT2D eigenvalue weighted by atomic mass is 10.2. The number of rotatable bonds is 8. The van der Waals surface area contributed by atoms with Gasteiger partial charge >= 0.3 is 5.69 Å². The lowest BCUT2D eigenvalue weighted by Gasteiger charge is -2.08. The fourth-order valence-electron chi connectivity index (χ4n) is 2.84. The summed E-state index contributed by atoms with van der Waals surface area (Å²) in [7, 11) is 0. The van der Waals surface area contributed by atoms with Crippen LogP contribution in [0.4, 0.5) is 5.69 Å². The van der Waals surface area contributed by atoms with E-state index >= 15 is 0 Å². The predicted octanol–water partition coefficient (Wildman–Crippen LogP) is 4.43. The molecule has 3 aromatic rings. The molecule has 3 aromatic carbocycles. The second-order valence-electron chi connectivity index (χ2n) is 6.99. The zero-order valence-electron chi connectivity index (χ0n) is 18.1. The van der Waals surface area contributed by atoms with Crippen LogP contribution in [0.5, 0.6) is 5.75 Å². The molecule has 3 N–H and O–H groups in total. The number of phenols is 1. The van der Waals surface area contributed by atoms with E-state index in [9.17, 15) is 24.8 Å². The number of carbonyl (C=O) groups is 2. The summed E-state index contributed by atoms with van der Waals surface area (Å²) in [4.78, 5) is 35.5. The lowest BCUT2D eigenvalue weighted by molar-refractivity contribution is -0.385. The van der Waals surface area contributed by atoms with Crippen molar-refractivity contribution in [2.45, 2.75) is 0 Å². The molecule has 0 fully saturated rings. The first kappa shape index (κ1) is 24.9. The molecule has 0 spiro atoms. The van der Waals surface area contributed by atoms with Crippen molar-refractivity contribution in [1.29, 1.82) is 0 Å². The fourth-order valence-corrected chi connectivity index (χ4v) is 3.06. The molecule has 0 aliphatic heterocycles. The zero-order chi connectivity index (χ0) is 25.2. The van der Waals surface area contributed by atoms with Crippen LogP contribution in [-0.4, -0.2) is 28.1 Å². The first-order valence-corrected chi connectivity index (χ1v) is 10.5. The summed E-state index contributed by atoms with van der Waals surface area (Å²) in [6, 6.07) is 19.9. The van der Waals surface area contributed by atoms with Gasteiger partial charge in [0.25, 0.3) is 11.8 Å². The number of nitrogens with one attached hydrogen (secondary N) is 2. The number of nitro benzene ring substituents is 1. The van der Waals surface area contributed by atoms with Crippen LogP contribution in [0.1, 0.15) is 21.5 Å². The first-order chi connectivity index (χ1) is 16.8. The molecular formula is C25H19ClN4O5. The molecule has 0 atom stereocenters. The second kappa shape index (κ2) is 11.9. The molecule has 0 bridgehead atoms. The topological polar surface area (TPSA) is 134 Å². The Hall–Kier alpha value is -4.76. The number of hydrogen-bond donors (Lipinski definition) is 3. The summed E-state index contributed by atoms with van der Waals surface area (Å²) in [5, 5.41) is 27.4. The van der Waals surface area contributed by atoms with Crippen molar-refractivity contribution < 1.29 is 19.6 Å². The number of nitro groups is 1. The largest absolute Gasteiger partial charge is 0.502 e. The van der Waals surface area contributed by atoms with E-state index in [0.717, 1.165) is 17.8 Å². The van der Waals surface area contributed by atoms with Crippen LogP contribution in [0.15, 0.2) is 95.7 Å². The summed E-state index contributed by atoms with van der Waals surface area (Å²) in [6.45, 7) is 0. The summed E-state index contributed by atoms with van der Waals surface area (Å²) in [5.74, 6) is -1.93. The molecule has 0 aliphatic carbocycles. The third-order valence-electron chi connectivity index (χ3n) is 4.53. The van der Waals surface area contributed by atoms with Crippen LogP contribution in [-0.2, 0) is 4.79 Å². The van der Waals surface area contributed by atoms with Crippen LogP contribution < -0.4 is 10.7 Å². The van der Waals surface area contributed by atoms with Gasteiger partial charge in [0.2, 0.25) is 5.75 Å². The molecule has 0 aliphatic rings. The van der Waals surface area contributed by atoms with Gasteiger partial charge < -0.3 is 10.4 Å². The van der Waals surface area contributed by atoms with Gasteiger partial charge in [-0.15, -0.1) is 0 Å². The Bertz CT molecular complexity index is 1320. The number of halogens is 1. The van der Waals surface area contributed by atoms with E-state index in [1.807, 2.05) is 30.3 Å². The van der Waals surface area contributed by atoms with E-state index in [1.54, 1.807) is 42.5 Å². The van der Waals surface area contributed by atoms with Crippen molar-refractivity contribution >= 4 is 41.4 Å². The van der Waals surface area contributed by atoms with E-state index in [0.29, 0.717) is 5.56 Å². The van der Waals surface area contributed by atoms with Crippen molar-refractivity contribution in [3.05, 3.63) is 122 Å². The van der Waals surface area contributed by atoms with Gasteiger partial charge in [0.05, 0.1) is 11.1 Å². The van der Waals surface area contributed by atoms with Gasteiger partial charge in [0.15, 0.2) is 0 Å². The number of phenolic OH excluding ortho intramolecular Hbond substituents is 1. The van der Waals surface area contributed by atoms with E-state index in [4.69, 9.17) is 11.6 Å². The smallest absolute Gasteiger partial charge is 0.312 e. The molecule has 3 rings (SSSR count). The average molecular weight is 491 g/mol. The Kier molecular flexibility index (Phi) is 8.47. The van der Waals surface area contributed by atoms with Crippen molar-refractivity contribution in [1.82, 2.24) is 10.7 Å². The number of carbonyl (C=O) groups excluding carboxylic acids is 2. The molecule has 0 radical (unpaired) electrons. The van der Waals surface area contributed by atoms with Crippen LogP contribution in [0.2, 0.25) is 5.02 Å². The number of aromatic hydroxyl groups is 1. The predicted molar refractivity (Wildman–Crippen MR) is 133 cm³/mol. The number of amides is 2. The van der Waals surface area contributed by atoms with E-state index in [-0.39, 0.29) is 16.3 Å². The number of hydrogen-bond acceptors (Lipinski definition) is 6. The molecule has 10 heteroatoms. The Balaban J connectivity index is 1.81. The third kappa shape index (κ3) is 7.11. The van der Waals surface area contributed by atoms with Gasteiger partial charge in [-0.05, 0) is 29.8 Å². The molecule has 2 amide bonds. The summed E-state index contributed by atoms with van der Waals surface area (Å²) < 4.78 is 0. The van der Waals surface area contributed by atoms with E-state index in [1.165, 1.54) is 12.1 Å². The highest BCUT2D eigenvalue weighted by Gasteiger charge is 2.18. The van der Waals surface area contributed by atoms with E-state index < -0.39 is 28.2 Å². The number of nitrogens with zero attached hydrogens (tertiary/aromatic N) is 2. The van der Waals surface area contributed by atoms with Gasteiger partial charge in [-0.1, -0.05) is 72.3 Å². The summed E-state index contributed by atoms with van der Waals surface area (Å²) in [5.41, 5.74) is 2.66. The average Bonchev–Trinajstić information content (AvgIpc) is 2.86.